The molecule has 6 aromatic rings. The molecule has 0 aliphatic rings. The fourth-order valence-electron chi connectivity index (χ4n) is 4.00. The Morgan fingerprint density at radius 1 is 0.865 bits per heavy atom. The predicted octanol–water partition coefficient (Wildman–Crippen LogP) is 4.76. The molecule has 11 heteroatoms. The first-order valence-corrected chi connectivity index (χ1v) is 11.0. The number of imidazole rings is 1. The van der Waals surface area contributed by atoms with Crippen molar-refractivity contribution in [1.82, 2.24) is 24.5 Å². The van der Waals surface area contributed by atoms with Gasteiger partial charge in [-0.15, -0.1) is 0 Å². The molecule has 0 saturated heterocycles. The zero-order valence-corrected chi connectivity index (χ0v) is 18.8. The molecule has 0 aliphatic heterocycles. The van der Waals surface area contributed by atoms with Gasteiger partial charge in [0, 0.05) is 42.1 Å². The Labute approximate surface area is 206 Å². The molecular weight excluding hydrogens is 482 g/mol. The zero-order chi connectivity index (χ0) is 25.5. The smallest absolute Gasteiger partial charge is 0.325 e. The number of anilines is 2. The van der Waals surface area contributed by atoms with Crippen molar-refractivity contribution in [3.05, 3.63) is 112 Å². The quantitative estimate of drug-likeness (QED) is 0.315. The lowest BCUT2D eigenvalue weighted by atomic mass is 10.2. The molecule has 0 unspecified atom stereocenters. The van der Waals surface area contributed by atoms with Gasteiger partial charge in [0.15, 0.2) is 23.0 Å². The molecule has 0 atom stereocenters. The van der Waals surface area contributed by atoms with Crippen molar-refractivity contribution < 1.29 is 13.5 Å². The first-order valence-electron chi connectivity index (χ1n) is 11.0. The molecule has 6 rings (SSSR count). The van der Waals surface area contributed by atoms with Gasteiger partial charge >= 0.3 is 5.69 Å². The number of nitrogens with zero attached hydrogens (tertiary/aromatic N) is 3. The highest BCUT2D eigenvalue weighted by atomic mass is 19.1. The van der Waals surface area contributed by atoms with E-state index in [2.05, 4.69) is 25.3 Å². The SMILES string of the molecule is O=c1[nH]c2nccc(Oc3ccc(Nc4nccc5ccn(-c6ccc(F)cc6)c(=O)c45)cc3F)c2[nH]1. The fraction of sp³-hybridized carbons (Fsp3) is 0. The van der Waals surface area contributed by atoms with Crippen LogP contribution in [-0.2, 0) is 0 Å². The monoisotopic (exact) mass is 498 g/mol. The van der Waals surface area contributed by atoms with Crippen LogP contribution in [0.2, 0.25) is 0 Å². The molecule has 0 spiro atoms. The summed E-state index contributed by atoms with van der Waals surface area (Å²) in [6, 6.07) is 14.7. The van der Waals surface area contributed by atoms with E-state index in [1.807, 2.05) is 0 Å². The average Bonchev–Trinajstić information content (AvgIpc) is 3.28. The number of halogens is 2. The van der Waals surface area contributed by atoms with Gasteiger partial charge in [0.25, 0.3) is 5.56 Å². The lowest BCUT2D eigenvalue weighted by Gasteiger charge is -2.12. The lowest BCUT2D eigenvalue weighted by molar-refractivity contribution is 0.445. The molecule has 2 aromatic carbocycles. The van der Waals surface area contributed by atoms with E-state index in [9.17, 15) is 18.4 Å². The van der Waals surface area contributed by atoms with Crippen LogP contribution in [0.15, 0.2) is 88.8 Å². The van der Waals surface area contributed by atoms with Crippen LogP contribution in [0, 0.1) is 11.6 Å². The first-order chi connectivity index (χ1) is 18.0. The molecule has 0 fully saturated rings. The number of ether oxygens (including phenoxy) is 1. The number of pyridine rings is 3. The fourth-order valence-corrected chi connectivity index (χ4v) is 4.00. The molecule has 4 heterocycles. The summed E-state index contributed by atoms with van der Waals surface area (Å²) >= 11 is 0. The number of hydrogen-bond acceptors (Lipinski definition) is 6. The van der Waals surface area contributed by atoms with E-state index in [1.165, 1.54) is 59.4 Å². The third-order valence-electron chi connectivity index (χ3n) is 5.72. The van der Waals surface area contributed by atoms with E-state index in [1.54, 1.807) is 24.4 Å². The molecule has 9 nitrogen and oxygen atoms in total. The lowest BCUT2D eigenvalue weighted by Crippen LogP contribution is -2.19. The number of hydrogen-bond donors (Lipinski definition) is 3. The van der Waals surface area contributed by atoms with E-state index in [0.717, 1.165) is 0 Å². The topological polar surface area (TPSA) is 118 Å². The zero-order valence-electron chi connectivity index (χ0n) is 18.8. The first kappa shape index (κ1) is 22.2. The van der Waals surface area contributed by atoms with Crippen LogP contribution in [0.3, 0.4) is 0 Å². The van der Waals surface area contributed by atoms with E-state index < -0.39 is 17.3 Å². The summed E-state index contributed by atoms with van der Waals surface area (Å²) in [7, 11) is 0. The standard InChI is InChI=1S/C26H16F2N6O3/c27-15-1-4-17(5-2-15)34-12-9-14-7-10-29-23(21(14)25(34)35)31-16-3-6-19(18(28)13-16)37-20-8-11-30-24-22(20)32-26(36)33-24/h1-13H,(H,29,31)(H2,30,32,33,36). The van der Waals surface area contributed by atoms with Crippen molar-refractivity contribution in [2.75, 3.05) is 5.32 Å². The van der Waals surface area contributed by atoms with Crippen LogP contribution in [0.5, 0.6) is 11.5 Å². The van der Waals surface area contributed by atoms with Gasteiger partial charge in [-0.3, -0.25) is 14.3 Å². The molecule has 0 radical (unpaired) electrons. The second kappa shape index (κ2) is 8.72. The Morgan fingerprint density at radius 2 is 1.68 bits per heavy atom. The van der Waals surface area contributed by atoms with Crippen molar-refractivity contribution in [3.8, 4) is 17.2 Å². The summed E-state index contributed by atoms with van der Waals surface area (Å²) in [5, 5.41) is 3.91. The molecular formula is C26H16F2N6O3. The average molecular weight is 498 g/mol. The van der Waals surface area contributed by atoms with E-state index in [4.69, 9.17) is 4.74 Å². The second-order valence-electron chi connectivity index (χ2n) is 8.08. The normalized spacial score (nSPS) is 11.2. The van der Waals surface area contributed by atoms with Crippen molar-refractivity contribution in [2.45, 2.75) is 0 Å². The number of H-pyrrole nitrogens is 2. The molecule has 0 amide bonds. The molecule has 3 N–H and O–H groups in total. The minimum Gasteiger partial charge on any atom is -0.452 e. The van der Waals surface area contributed by atoms with Crippen LogP contribution >= 0.6 is 0 Å². The van der Waals surface area contributed by atoms with Crippen molar-refractivity contribution in [2.24, 2.45) is 0 Å². The predicted molar refractivity (Wildman–Crippen MR) is 134 cm³/mol. The Bertz CT molecular complexity index is 1910. The molecule has 0 saturated carbocycles. The van der Waals surface area contributed by atoms with E-state index >= 15 is 0 Å². The largest absolute Gasteiger partial charge is 0.452 e. The molecule has 182 valence electrons. The van der Waals surface area contributed by atoms with Gasteiger partial charge < -0.3 is 15.0 Å². The van der Waals surface area contributed by atoms with Gasteiger partial charge in [-0.05, 0) is 53.9 Å². The van der Waals surface area contributed by atoms with Crippen LogP contribution in [-0.4, -0.2) is 24.5 Å². The number of nitrogens with one attached hydrogen (secondary N) is 3. The number of fused-ring (bicyclic) bond motifs is 2. The summed E-state index contributed by atoms with van der Waals surface area (Å²) in [5.41, 5.74) is 0.587. The summed E-state index contributed by atoms with van der Waals surface area (Å²) in [6.45, 7) is 0. The van der Waals surface area contributed by atoms with E-state index in [-0.39, 0.29) is 33.9 Å². The van der Waals surface area contributed by atoms with Crippen LogP contribution in [0.4, 0.5) is 20.3 Å². The second-order valence-corrected chi connectivity index (χ2v) is 8.08. The van der Waals surface area contributed by atoms with Gasteiger partial charge in [0.05, 0.1) is 5.39 Å². The van der Waals surface area contributed by atoms with Gasteiger partial charge in [-0.25, -0.2) is 23.5 Å². The summed E-state index contributed by atoms with van der Waals surface area (Å²) in [6.07, 6.45) is 4.56. The Hall–Kier alpha value is -5.32. The van der Waals surface area contributed by atoms with Crippen molar-refractivity contribution >= 4 is 33.4 Å². The third kappa shape index (κ3) is 4.08. The molecule has 0 bridgehead atoms. The van der Waals surface area contributed by atoms with Gasteiger partial charge in [-0.2, -0.15) is 0 Å². The van der Waals surface area contributed by atoms with Gasteiger partial charge in [-0.1, -0.05) is 0 Å². The van der Waals surface area contributed by atoms with Crippen LogP contribution in [0.25, 0.3) is 27.6 Å². The Kier molecular flexibility index (Phi) is 5.22. The maximum Gasteiger partial charge on any atom is 0.325 e. The molecule has 37 heavy (non-hydrogen) atoms. The van der Waals surface area contributed by atoms with Crippen molar-refractivity contribution in [3.63, 3.8) is 0 Å². The number of aromatic nitrogens is 5. The molecule has 4 aromatic heterocycles. The minimum atomic E-state index is -0.684. The Balaban J connectivity index is 1.34. The number of benzene rings is 2. The minimum absolute atomic E-state index is 0.0790. The number of aromatic amines is 2. The van der Waals surface area contributed by atoms with Gasteiger partial charge in [0.2, 0.25) is 0 Å². The Morgan fingerprint density at radius 3 is 2.49 bits per heavy atom. The summed E-state index contributed by atoms with van der Waals surface area (Å²) in [5.74, 6) is -0.722. The maximum absolute atomic E-state index is 15.0. The van der Waals surface area contributed by atoms with Crippen molar-refractivity contribution in [1.29, 1.82) is 0 Å². The summed E-state index contributed by atoms with van der Waals surface area (Å²) < 4.78 is 35.4. The van der Waals surface area contributed by atoms with Gasteiger partial charge in [0.1, 0.15) is 17.2 Å². The number of rotatable bonds is 5. The third-order valence-corrected chi connectivity index (χ3v) is 5.72. The molecule has 0 aliphatic carbocycles. The highest BCUT2D eigenvalue weighted by Gasteiger charge is 2.14. The van der Waals surface area contributed by atoms with E-state index in [0.29, 0.717) is 22.3 Å². The summed E-state index contributed by atoms with van der Waals surface area (Å²) in [4.78, 5) is 38.3. The van der Waals surface area contributed by atoms with Crippen LogP contribution < -0.4 is 21.3 Å². The van der Waals surface area contributed by atoms with Crippen LogP contribution in [0.1, 0.15) is 0 Å². The highest BCUT2D eigenvalue weighted by Crippen LogP contribution is 2.31. The highest BCUT2D eigenvalue weighted by molar-refractivity contribution is 5.92. The maximum atomic E-state index is 15.0.